The quantitative estimate of drug-likeness (QED) is 0.325. The molecule has 0 radical (unpaired) electrons. The molecule has 3 rings (SSSR count). The van der Waals surface area contributed by atoms with Gasteiger partial charge in [-0.05, 0) is 50.0 Å². The number of rotatable bonds is 8. The Bertz CT molecular complexity index is 639. The highest BCUT2D eigenvalue weighted by atomic mass is 127. The molecular formula is C21H35IN4O2. The van der Waals surface area contributed by atoms with E-state index < -0.39 is 0 Å². The summed E-state index contributed by atoms with van der Waals surface area (Å²) in [6.45, 7) is 7.18. The number of likely N-dealkylation sites (N-methyl/N-ethyl adjacent to an activating group) is 1. The topological polar surface area (TPSA) is 58.1 Å². The molecule has 0 aromatic heterocycles. The molecule has 2 aliphatic rings. The van der Waals surface area contributed by atoms with Gasteiger partial charge in [-0.25, -0.2) is 0 Å². The predicted octanol–water partition coefficient (Wildman–Crippen LogP) is 3.18. The molecule has 6 nitrogen and oxygen atoms in total. The largest absolute Gasteiger partial charge is 0.497 e. The highest BCUT2D eigenvalue weighted by molar-refractivity contribution is 14.0. The van der Waals surface area contributed by atoms with Gasteiger partial charge < -0.3 is 20.1 Å². The molecule has 2 saturated heterocycles. The number of methoxy groups -OCH3 is 1. The van der Waals surface area contributed by atoms with Gasteiger partial charge in [-0.2, -0.15) is 0 Å². The maximum absolute atomic E-state index is 5.96. The summed E-state index contributed by atoms with van der Waals surface area (Å²) in [4.78, 5) is 6.90. The van der Waals surface area contributed by atoms with Crippen LogP contribution in [0, 0.1) is 0 Å². The minimum Gasteiger partial charge on any atom is -0.497 e. The second-order valence-electron chi connectivity index (χ2n) is 7.33. The van der Waals surface area contributed by atoms with Gasteiger partial charge in [0.1, 0.15) is 5.75 Å². The maximum Gasteiger partial charge on any atom is 0.191 e. The van der Waals surface area contributed by atoms with Gasteiger partial charge in [0.05, 0.1) is 31.4 Å². The molecule has 1 aromatic rings. The first-order valence-electron chi connectivity index (χ1n) is 10.2. The van der Waals surface area contributed by atoms with Crippen LogP contribution in [0.5, 0.6) is 5.75 Å². The van der Waals surface area contributed by atoms with Crippen LogP contribution in [-0.2, 0) is 4.74 Å². The van der Waals surface area contributed by atoms with E-state index in [4.69, 9.17) is 9.47 Å². The standard InChI is InChI=1S/C21H34N4O2.HI/c1-5-25(6-2)19(15-8-7-9-16(12-15)26-4)14-23-21(22-3)24-18-13-17-10-11-20(18)27-17;/h7-9,12,17-20H,5-6,10-11,13-14H2,1-4H3,(H2,22,23,24);1H. The van der Waals surface area contributed by atoms with Crippen molar-refractivity contribution in [3.63, 3.8) is 0 Å². The lowest BCUT2D eigenvalue weighted by Crippen LogP contribution is -2.49. The van der Waals surface area contributed by atoms with Gasteiger partial charge >= 0.3 is 0 Å². The van der Waals surface area contributed by atoms with Gasteiger partial charge in [-0.1, -0.05) is 26.0 Å². The Kier molecular flexibility index (Phi) is 9.30. The number of ether oxygens (including phenoxy) is 2. The van der Waals surface area contributed by atoms with Crippen LogP contribution < -0.4 is 15.4 Å². The third-order valence-corrected chi connectivity index (χ3v) is 5.85. The summed E-state index contributed by atoms with van der Waals surface area (Å²) in [5.74, 6) is 1.75. The Labute approximate surface area is 186 Å². The minimum absolute atomic E-state index is 0. The molecule has 1 aromatic carbocycles. The molecule has 4 atom stereocenters. The van der Waals surface area contributed by atoms with Crippen LogP contribution in [0.25, 0.3) is 0 Å². The maximum atomic E-state index is 5.96. The van der Waals surface area contributed by atoms with Crippen LogP contribution in [0.1, 0.15) is 44.7 Å². The molecule has 4 unspecified atom stereocenters. The smallest absolute Gasteiger partial charge is 0.191 e. The molecule has 158 valence electrons. The van der Waals surface area contributed by atoms with Crippen molar-refractivity contribution >= 4 is 29.9 Å². The van der Waals surface area contributed by atoms with Crippen LogP contribution in [0.4, 0.5) is 0 Å². The van der Waals surface area contributed by atoms with Crippen LogP contribution in [0.15, 0.2) is 29.3 Å². The molecule has 2 fully saturated rings. The summed E-state index contributed by atoms with van der Waals surface area (Å²) >= 11 is 0. The average molecular weight is 502 g/mol. The van der Waals surface area contributed by atoms with E-state index >= 15 is 0 Å². The Morgan fingerprint density at radius 2 is 2.11 bits per heavy atom. The molecule has 0 spiro atoms. The van der Waals surface area contributed by atoms with E-state index in [1.165, 1.54) is 12.0 Å². The molecule has 0 aliphatic carbocycles. The lowest BCUT2D eigenvalue weighted by atomic mass is 9.96. The number of fused-ring (bicyclic) bond motifs is 2. The number of halogens is 1. The third-order valence-electron chi connectivity index (χ3n) is 5.85. The zero-order chi connectivity index (χ0) is 19.2. The fourth-order valence-electron chi connectivity index (χ4n) is 4.32. The Hall–Kier alpha value is -1.06. The summed E-state index contributed by atoms with van der Waals surface area (Å²) in [7, 11) is 3.55. The van der Waals surface area contributed by atoms with Gasteiger partial charge in [0, 0.05) is 13.6 Å². The van der Waals surface area contributed by atoms with Gasteiger partial charge in [-0.3, -0.25) is 9.89 Å². The van der Waals surface area contributed by atoms with Crippen molar-refractivity contribution in [3.05, 3.63) is 29.8 Å². The Balaban J connectivity index is 0.00000280. The monoisotopic (exact) mass is 502 g/mol. The van der Waals surface area contributed by atoms with E-state index in [2.05, 4.69) is 52.6 Å². The number of nitrogens with zero attached hydrogens (tertiary/aromatic N) is 2. The van der Waals surface area contributed by atoms with Crippen molar-refractivity contribution in [1.82, 2.24) is 15.5 Å². The fourth-order valence-corrected chi connectivity index (χ4v) is 4.32. The van der Waals surface area contributed by atoms with E-state index in [0.29, 0.717) is 18.2 Å². The normalized spacial score (nSPS) is 24.8. The van der Waals surface area contributed by atoms with Crippen LogP contribution in [0.3, 0.4) is 0 Å². The van der Waals surface area contributed by atoms with Crippen LogP contribution in [0.2, 0.25) is 0 Å². The highest BCUT2D eigenvalue weighted by Crippen LogP contribution is 2.34. The van der Waals surface area contributed by atoms with Crippen molar-refractivity contribution in [3.8, 4) is 5.75 Å². The second-order valence-corrected chi connectivity index (χ2v) is 7.33. The Morgan fingerprint density at radius 1 is 1.32 bits per heavy atom. The lowest BCUT2D eigenvalue weighted by Gasteiger charge is -2.31. The van der Waals surface area contributed by atoms with Crippen LogP contribution >= 0.6 is 24.0 Å². The second kappa shape index (κ2) is 11.2. The fraction of sp³-hybridized carbons (Fsp3) is 0.667. The van der Waals surface area contributed by atoms with Crippen molar-refractivity contribution in [2.45, 2.75) is 57.4 Å². The Morgan fingerprint density at radius 3 is 2.68 bits per heavy atom. The van der Waals surface area contributed by atoms with E-state index in [-0.39, 0.29) is 30.0 Å². The van der Waals surface area contributed by atoms with Crippen LogP contribution in [-0.4, -0.2) is 62.9 Å². The van der Waals surface area contributed by atoms with Crippen molar-refractivity contribution in [2.75, 3.05) is 33.8 Å². The van der Waals surface area contributed by atoms with Crippen molar-refractivity contribution in [2.24, 2.45) is 4.99 Å². The number of nitrogens with one attached hydrogen (secondary N) is 2. The molecule has 0 amide bonds. The van der Waals surface area contributed by atoms with Gasteiger partial charge in [-0.15, -0.1) is 24.0 Å². The molecule has 2 bridgehead atoms. The van der Waals surface area contributed by atoms with Crippen molar-refractivity contribution < 1.29 is 9.47 Å². The molecule has 28 heavy (non-hydrogen) atoms. The molecule has 7 heteroatoms. The zero-order valence-corrected chi connectivity index (χ0v) is 19.8. The molecule has 2 N–H and O–H groups in total. The van der Waals surface area contributed by atoms with Gasteiger partial charge in [0.15, 0.2) is 5.96 Å². The zero-order valence-electron chi connectivity index (χ0n) is 17.5. The summed E-state index contributed by atoms with van der Waals surface area (Å²) in [5.41, 5.74) is 1.25. The average Bonchev–Trinajstić information content (AvgIpc) is 3.33. The number of aliphatic imine (C=N–C) groups is 1. The summed E-state index contributed by atoms with van der Waals surface area (Å²) in [5, 5.41) is 7.11. The first kappa shape index (κ1) is 23.2. The molecule has 2 heterocycles. The number of hydrogen-bond donors (Lipinski definition) is 2. The summed E-state index contributed by atoms with van der Waals surface area (Å²) in [6, 6.07) is 8.98. The first-order chi connectivity index (χ1) is 13.2. The van der Waals surface area contributed by atoms with E-state index in [1.807, 2.05) is 13.1 Å². The minimum atomic E-state index is 0. The third kappa shape index (κ3) is 5.51. The highest BCUT2D eigenvalue weighted by Gasteiger charge is 2.41. The first-order valence-corrected chi connectivity index (χ1v) is 10.2. The van der Waals surface area contributed by atoms with Crippen molar-refractivity contribution in [1.29, 1.82) is 0 Å². The van der Waals surface area contributed by atoms with E-state index in [9.17, 15) is 0 Å². The number of hydrogen-bond acceptors (Lipinski definition) is 4. The summed E-state index contributed by atoms with van der Waals surface area (Å²) in [6.07, 6.45) is 4.22. The van der Waals surface area contributed by atoms with Gasteiger partial charge in [0.25, 0.3) is 0 Å². The van der Waals surface area contributed by atoms with Gasteiger partial charge in [0.2, 0.25) is 0 Å². The lowest BCUT2D eigenvalue weighted by molar-refractivity contribution is 0.0992. The molecule has 0 saturated carbocycles. The SMILES string of the molecule is CCN(CC)C(CNC(=NC)NC1CC2CCC1O2)c1cccc(OC)c1.I. The van der Waals surface area contributed by atoms with E-state index in [0.717, 1.165) is 44.2 Å². The summed E-state index contributed by atoms with van der Waals surface area (Å²) < 4.78 is 11.4. The molecular weight excluding hydrogens is 467 g/mol. The number of guanidine groups is 1. The predicted molar refractivity (Wildman–Crippen MR) is 125 cm³/mol. The van der Waals surface area contributed by atoms with E-state index in [1.54, 1.807) is 7.11 Å². The molecule has 2 aliphatic heterocycles. The number of benzene rings is 1.